The minimum absolute atomic E-state index is 0.463. The Morgan fingerprint density at radius 1 is 1.63 bits per heavy atom. The van der Waals surface area contributed by atoms with Gasteiger partial charge in [0.05, 0.1) is 27.8 Å². The Kier molecular flexibility index (Phi) is 3.68. The molecule has 0 saturated carbocycles. The zero-order valence-corrected chi connectivity index (χ0v) is 11.4. The van der Waals surface area contributed by atoms with Gasteiger partial charge in [0.2, 0.25) is 0 Å². The van der Waals surface area contributed by atoms with Crippen molar-refractivity contribution in [2.45, 2.75) is 19.8 Å². The highest BCUT2D eigenvalue weighted by atomic mass is 35.5. The van der Waals surface area contributed by atoms with Crippen molar-refractivity contribution < 1.29 is 9.90 Å². The molecular formula is C14H15ClN2O2. The monoisotopic (exact) mass is 278 g/mol. The van der Waals surface area contributed by atoms with E-state index in [1.165, 1.54) is 0 Å². The third kappa shape index (κ3) is 2.39. The Balaban J connectivity index is 2.26. The van der Waals surface area contributed by atoms with E-state index >= 15 is 0 Å². The lowest BCUT2D eigenvalue weighted by Gasteiger charge is -2.24. The number of hydrogen-bond donors (Lipinski definition) is 1. The molecule has 1 fully saturated rings. The Bertz CT molecular complexity index is 553. The van der Waals surface area contributed by atoms with Gasteiger partial charge in [-0.25, -0.2) is 0 Å². The second-order valence-electron chi connectivity index (χ2n) is 4.89. The number of carbonyl (C=O) groups is 1. The van der Waals surface area contributed by atoms with Crippen LogP contribution in [0.25, 0.3) is 0 Å². The molecule has 0 spiro atoms. The molecule has 0 bridgehead atoms. The summed E-state index contributed by atoms with van der Waals surface area (Å²) in [6.07, 6.45) is 1.22. The molecule has 1 heterocycles. The summed E-state index contributed by atoms with van der Waals surface area (Å²) >= 11 is 6.16. The van der Waals surface area contributed by atoms with Gasteiger partial charge in [-0.1, -0.05) is 18.5 Å². The summed E-state index contributed by atoms with van der Waals surface area (Å²) < 4.78 is 0. The summed E-state index contributed by atoms with van der Waals surface area (Å²) in [5, 5.41) is 18.7. The van der Waals surface area contributed by atoms with Crippen LogP contribution < -0.4 is 4.90 Å². The third-order valence-corrected chi connectivity index (χ3v) is 4.20. The first-order valence-electron chi connectivity index (χ1n) is 6.20. The number of benzene rings is 1. The van der Waals surface area contributed by atoms with E-state index in [4.69, 9.17) is 16.9 Å². The molecule has 1 aromatic carbocycles. The van der Waals surface area contributed by atoms with E-state index in [2.05, 4.69) is 0 Å². The lowest BCUT2D eigenvalue weighted by Crippen LogP contribution is -2.34. The number of carboxylic acid groups (broad SMARTS) is 1. The summed E-state index contributed by atoms with van der Waals surface area (Å²) in [6.45, 7) is 3.04. The highest BCUT2D eigenvalue weighted by molar-refractivity contribution is 6.33. The fourth-order valence-electron chi connectivity index (χ4n) is 2.53. The molecule has 2 rings (SSSR count). The smallest absolute Gasteiger partial charge is 0.311 e. The quantitative estimate of drug-likeness (QED) is 0.923. The molecule has 1 aliphatic rings. The SMILES string of the molecule is CCC1(C(=O)O)CCN(c2ccc(C#N)cc2Cl)C1. The van der Waals surface area contributed by atoms with Gasteiger partial charge in [0.25, 0.3) is 0 Å². The average Bonchev–Trinajstić information content (AvgIpc) is 2.84. The first-order valence-corrected chi connectivity index (χ1v) is 6.58. The Morgan fingerprint density at radius 2 is 2.37 bits per heavy atom. The van der Waals surface area contributed by atoms with Gasteiger partial charge in [0, 0.05) is 13.1 Å². The summed E-state index contributed by atoms with van der Waals surface area (Å²) in [7, 11) is 0. The highest BCUT2D eigenvalue weighted by Gasteiger charge is 2.43. The van der Waals surface area contributed by atoms with Crippen molar-refractivity contribution in [1.82, 2.24) is 0 Å². The molecule has 4 nitrogen and oxygen atoms in total. The third-order valence-electron chi connectivity index (χ3n) is 3.90. The van der Waals surface area contributed by atoms with Gasteiger partial charge in [0.1, 0.15) is 0 Å². The second kappa shape index (κ2) is 5.10. The molecular weight excluding hydrogens is 264 g/mol. The second-order valence-corrected chi connectivity index (χ2v) is 5.30. The number of rotatable bonds is 3. The fourth-order valence-corrected chi connectivity index (χ4v) is 2.83. The zero-order chi connectivity index (χ0) is 14.0. The molecule has 1 unspecified atom stereocenters. The maximum absolute atomic E-state index is 11.4. The van der Waals surface area contributed by atoms with Gasteiger partial charge in [-0.2, -0.15) is 5.26 Å². The van der Waals surface area contributed by atoms with Gasteiger partial charge in [-0.3, -0.25) is 4.79 Å². The fraction of sp³-hybridized carbons (Fsp3) is 0.429. The van der Waals surface area contributed by atoms with Crippen LogP contribution in [0.3, 0.4) is 0 Å². The zero-order valence-electron chi connectivity index (χ0n) is 10.7. The van der Waals surface area contributed by atoms with Crippen LogP contribution in [0.2, 0.25) is 5.02 Å². The standard InChI is InChI=1S/C14H15ClN2O2/c1-2-14(13(18)19)5-6-17(9-14)12-4-3-10(8-16)7-11(12)15/h3-4,7H,2,5-6,9H2,1H3,(H,18,19). The van der Waals surface area contributed by atoms with Crippen LogP contribution in [0.4, 0.5) is 5.69 Å². The topological polar surface area (TPSA) is 64.3 Å². The molecule has 19 heavy (non-hydrogen) atoms. The Morgan fingerprint density at radius 3 is 2.84 bits per heavy atom. The Labute approximate surface area is 117 Å². The van der Waals surface area contributed by atoms with E-state index in [1.54, 1.807) is 18.2 Å². The number of anilines is 1. The predicted molar refractivity (Wildman–Crippen MR) is 73.4 cm³/mol. The molecule has 0 aromatic heterocycles. The molecule has 100 valence electrons. The van der Waals surface area contributed by atoms with E-state index in [9.17, 15) is 9.90 Å². The molecule has 1 saturated heterocycles. The number of hydrogen-bond acceptors (Lipinski definition) is 3. The lowest BCUT2D eigenvalue weighted by molar-refractivity contribution is -0.147. The first kappa shape index (κ1) is 13.7. The van der Waals surface area contributed by atoms with Crippen LogP contribution in [-0.4, -0.2) is 24.2 Å². The van der Waals surface area contributed by atoms with Gasteiger partial charge in [-0.05, 0) is 31.0 Å². The van der Waals surface area contributed by atoms with Crippen molar-refractivity contribution in [3.05, 3.63) is 28.8 Å². The summed E-state index contributed by atoms with van der Waals surface area (Å²) in [6, 6.07) is 7.14. The number of aliphatic carboxylic acids is 1. The van der Waals surface area contributed by atoms with Gasteiger partial charge in [-0.15, -0.1) is 0 Å². The molecule has 1 atom stereocenters. The van der Waals surface area contributed by atoms with Crippen molar-refractivity contribution in [1.29, 1.82) is 5.26 Å². The van der Waals surface area contributed by atoms with Gasteiger partial charge < -0.3 is 10.0 Å². The van der Waals surface area contributed by atoms with Crippen LogP contribution in [0.5, 0.6) is 0 Å². The van der Waals surface area contributed by atoms with Crippen molar-refractivity contribution in [3.8, 4) is 6.07 Å². The molecule has 0 radical (unpaired) electrons. The molecule has 1 aliphatic heterocycles. The maximum atomic E-state index is 11.4. The van der Waals surface area contributed by atoms with Crippen molar-refractivity contribution in [3.63, 3.8) is 0 Å². The Hall–Kier alpha value is -1.73. The van der Waals surface area contributed by atoms with Crippen molar-refractivity contribution in [2.24, 2.45) is 5.41 Å². The number of nitrogens with zero attached hydrogens (tertiary/aromatic N) is 2. The van der Waals surface area contributed by atoms with Crippen LogP contribution >= 0.6 is 11.6 Å². The van der Waals surface area contributed by atoms with E-state index in [0.717, 1.165) is 5.69 Å². The summed E-state index contributed by atoms with van der Waals surface area (Å²) in [5.74, 6) is -0.748. The minimum Gasteiger partial charge on any atom is -0.481 e. The van der Waals surface area contributed by atoms with Crippen LogP contribution in [0, 0.1) is 16.7 Å². The number of nitriles is 1. The minimum atomic E-state index is -0.748. The molecule has 1 aromatic rings. The molecule has 0 aliphatic carbocycles. The largest absolute Gasteiger partial charge is 0.481 e. The summed E-state index contributed by atoms with van der Waals surface area (Å²) in [5.41, 5.74) is 0.627. The van der Waals surface area contributed by atoms with Gasteiger partial charge >= 0.3 is 5.97 Å². The summed E-state index contributed by atoms with van der Waals surface area (Å²) in [4.78, 5) is 13.4. The van der Waals surface area contributed by atoms with Crippen LogP contribution in [0.1, 0.15) is 25.3 Å². The average molecular weight is 279 g/mol. The predicted octanol–water partition coefficient (Wildman–Crippen LogP) is 2.90. The van der Waals surface area contributed by atoms with Crippen LogP contribution in [-0.2, 0) is 4.79 Å². The van der Waals surface area contributed by atoms with Crippen molar-refractivity contribution in [2.75, 3.05) is 18.0 Å². The first-order chi connectivity index (χ1) is 9.02. The number of carboxylic acids is 1. The highest BCUT2D eigenvalue weighted by Crippen LogP contribution is 2.39. The lowest BCUT2D eigenvalue weighted by atomic mass is 9.84. The molecule has 0 amide bonds. The van der Waals surface area contributed by atoms with E-state index < -0.39 is 11.4 Å². The molecule has 5 heteroatoms. The van der Waals surface area contributed by atoms with Crippen molar-refractivity contribution >= 4 is 23.3 Å². The van der Waals surface area contributed by atoms with E-state index in [0.29, 0.717) is 36.5 Å². The van der Waals surface area contributed by atoms with E-state index in [1.807, 2.05) is 17.9 Å². The molecule has 1 N–H and O–H groups in total. The maximum Gasteiger partial charge on any atom is 0.311 e. The van der Waals surface area contributed by atoms with Crippen LogP contribution in [0.15, 0.2) is 18.2 Å². The normalized spacial score (nSPS) is 22.3. The number of halogens is 1. The van der Waals surface area contributed by atoms with E-state index in [-0.39, 0.29) is 0 Å². The van der Waals surface area contributed by atoms with Gasteiger partial charge in [0.15, 0.2) is 0 Å².